The molecule has 0 fully saturated rings. The number of carbonyl (C=O) groups excluding carboxylic acids is 1. The first-order valence-electron chi connectivity index (χ1n) is 10.6. The first-order valence-corrected chi connectivity index (χ1v) is 11.0. The molecular weight excluding hydrogens is 360 g/mol. The van der Waals surface area contributed by atoms with Gasteiger partial charge in [0.2, 0.25) is 5.91 Å². The van der Waals surface area contributed by atoms with E-state index in [1.807, 2.05) is 20.8 Å². The summed E-state index contributed by atoms with van der Waals surface area (Å²) < 4.78 is 0. The molecule has 0 unspecified atom stereocenters. The van der Waals surface area contributed by atoms with Crippen molar-refractivity contribution in [1.82, 2.24) is 9.89 Å². The molecule has 3 N–H and O–H groups in total. The Bertz CT molecular complexity index is 563. The third-order valence-corrected chi connectivity index (χ3v) is 5.18. The van der Waals surface area contributed by atoms with Crippen molar-refractivity contribution in [1.29, 1.82) is 0 Å². The monoisotopic (exact) mass is 398 g/mol. The number of aromatic nitrogens is 2. The number of amides is 1. The van der Waals surface area contributed by atoms with E-state index in [0.29, 0.717) is 17.1 Å². The lowest BCUT2D eigenvalue weighted by Crippen LogP contribution is -2.25. The van der Waals surface area contributed by atoms with E-state index in [4.69, 9.17) is 17.3 Å². The van der Waals surface area contributed by atoms with Gasteiger partial charge >= 0.3 is 0 Å². The van der Waals surface area contributed by atoms with Gasteiger partial charge in [-0.2, -0.15) is 9.89 Å². The molecule has 27 heavy (non-hydrogen) atoms. The second-order valence-corrected chi connectivity index (χ2v) is 8.91. The minimum atomic E-state index is -0.225. The van der Waals surface area contributed by atoms with Crippen molar-refractivity contribution in [2.24, 2.45) is 0 Å². The molecule has 1 heterocycles. The fraction of sp³-hybridized carbons (Fsp3) is 0.810. The number of anilines is 1. The van der Waals surface area contributed by atoms with Crippen molar-refractivity contribution < 1.29 is 4.79 Å². The fourth-order valence-electron chi connectivity index (χ4n) is 3.10. The van der Waals surface area contributed by atoms with Crippen LogP contribution in [0.2, 0.25) is 5.02 Å². The number of unbranched alkanes of at least 4 members (excludes halogenated alkanes) is 10. The molecular formula is C21H39ClN4O. The van der Waals surface area contributed by atoms with E-state index in [1.165, 1.54) is 62.6 Å². The number of hydrogen-bond acceptors (Lipinski definition) is 3. The van der Waals surface area contributed by atoms with Crippen LogP contribution in [0, 0.1) is 0 Å². The SMILES string of the molecule is CCCCCCCCCCCCCC(=O)Nn1nc(C(C)(C)C)c(Cl)c1N. The number of hydrogen-bond donors (Lipinski definition) is 2. The zero-order valence-corrected chi connectivity index (χ0v) is 18.5. The standard InChI is InChI=1S/C21H39ClN4O/c1-5-6-7-8-9-10-11-12-13-14-15-16-17(27)24-26-20(23)18(22)19(25-26)21(2,3)4/h5-16,23H2,1-4H3,(H,24,27). The van der Waals surface area contributed by atoms with E-state index < -0.39 is 0 Å². The highest BCUT2D eigenvalue weighted by Gasteiger charge is 2.25. The Morgan fingerprint density at radius 3 is 1.93 bits per heavy atom. The second kappa shape index (κ2) is 12.3. The van der Waals surface area contributed by atoms with Crippen LogP contribution in [0.4, 0.5) is 5.82 Å². The molecule has 0 aliphatic carbocycles. The topological polar surface area (TPSA) is 72.9 Å². The van der Waals surface area contributed by atoms with Crippen LogP contribution in [0.25, 0.3) is 0 Å². The first kappa shape index (κ1) is 23.8. The number of nitrogens with zero attached hydrogens (tertiary/aromatic N) is 2. The second-order valence-electron chi connectivity index (χ2n) is 8.53. The first-order chi connectivity index (χ1) is 12.8. The molecule has 0 aliphatic heterocycles. The van der Waals surface area contributed by atoms with Gasteiger partial charge in [0.05, 0.1) is 5.69 Å². The Morgan fingerprint density at radius 1 is 1.00 bits per heavy atom. The van der Waals surface area contributed by atoms with Crippen LogP contribution in [-0.4, -0.2) is 15.8 Å². The summed E-state index contributed by atoms with van der Waals surface area (Å²) in [5.41, 5.74) is 9.17. The molecule has 0 atom stereocenters. The van der Waals surface area contributed by atoms with Crippen molar-refractivity contribution >= 4 is 23.3 Å². The zero-order chi connectivity index (χ0) is 20.3. The number of carbonyl (C=O) groups is 1. The van der Waals surface area contributed by atoms with E-state index in [1.54, 1.807) is 0 Å². The van der Waals surface area contributed by atoms with Gasteiger partial charge in [0, 0.05) is 11.8 Å². The average molecular weight is 399 g/mol. The highest BCUT2D eigenvalue weighted by Crippen LogP contribution is 2.32. The summed E-state index contributed by atoms with van der Waals surface area (Å²) in [4.78, 5) is 13.4. The molecule has 1 aromatic rings. The van der Waals surface area contributed by atoms with Crippen molar-refractivity contribution in [3.8, 4) is 0 Å². The van der Waals surface area contributed by atoms with E-state index >= 15 is 0 Å². The molecule has 0 aromatic carbocycles. The molecule has 6 heteroatoms. The predicted octanol–water partition coefficient (Wildman–Crippen LogP) is 6.19. The van der Waals surface area contributed by atoms with Gasteiger partial charge in [0.15, 0.2) is 5.82 Å². The Kier molecular flexibility index (Phi) is 10.8. The van der Waals surface area contributed by atoms with Gasteiger partial charge in [0.1, 0.15) is 5.02 Å². The van der Waals surface area contributed by atoms with E-state index in [9.17, 15) is 4.79 Å². The molecule has 0 bridgehead atoms. The fourth-order valence-corrected chi connectivity index (χ4v) is 3.50. The van der Waals surface area contributed by atoms with Crippen LogP contribution in [0.3, 0.4) is 0 Å². The Hall–Kier alpha value is -1.23. The van der Waals surface area contributed by atoms with Gasteiger partial charge in [0.25, 0.3) is 0 Å². The van der Waals surface area contributed by atoms with Gasteiger partial charge in [-0.25, -0.2) is 5.43 Å². The van der Waals surface area contributed by atoms with Crippen LogP contribution in [-0.2, 0) is 10.2 Å². The van der Waals surface area contributed by atoms with Gasteiger partial charge < -0.3 is 5.73 Å². The molecule has 1 aromatic heterocycles. The lowest BCUT2D eigenvalue weighted by atomic mass is 9.92. The van der Waals surface area contributed by atoms with Crippen LogP contribution in [0.5, 0.6) is 0 Å². The molecule has 1 rings (SSSR count). The summed E-state index contributed by atoms with van der Waals surface area (Å²) in [6.07, 6.45) is 14.4. The van der Waals surface area contributed by atoms with Crippen LogP contribution in [0.1, 0.15) is 110 Å². The number of nitrogens with two attached hydrogens (primary N) is 1. The van der Waals surface area contributed by atoms with E-state index in [2.05, 4.69) is 17.4 Å². The molecule has 5 nitrogen and oxygen atoms in total. The summed E-state index contributed by atoms with van der Waals surface area (Å²) >= 11 is 6.24. The third-order valence-electron chi connectivity index (χ3n) is 4.81. The van der Waals surface area contributed by atoms with Crippen molar-refractivity contribution in [3.05, 3.63) is 10.7 Å². The molecule has 0 saturated carbocycles. The van der Waals surface area contributed by atoms with Gasteiger partial charge in [-0.05, 0) is 6.42 Å². The normalized spacial score (nSPS) is 11.7. The number of nitrogen functional groups attached to an aromatic ring is 1. The minimum Gasteiger partial charge on any atom is -0.381 e. The summed E-state index contributed by atoms with van der Waals surface area (Å²) in [7, 11) is 0. The molecule has 0 saturated heterocycles. The molecule has 0 aliphatic rings. The number of halogens is 1. The highest BCUT2D eigenvalue weighted by atomic mass is 35.5. The molecule has 156 valence electrons. The minimum absolute atomic E-state index is 0.0720. The molecule has 0 radical (unpaired) electrons. The van der Waals surface area contributed by atoms with Crippen LogP contribution < -0.4 is 11.2 Å². The summed E-state index contributed by atoms with van der Waals surface area (Å²) in [5.74, 6) is 0.214. The summed E-state index contributed by atoms with van der Waals surface area (Å²) in [6.45, 7) is 8.29. The maximum Gasteiger partial charge on any atom is 0.240 e. The van der Waals surface area contributed by atoms with Crippen LogP contribution in [0.15, 0.2) is 0 Å². The smallest absolute Gasteiger partial charge is 0.240 e. The molecule has 0 spiro atoms. The average Bonchev–Trinajstić information content (AvgIpc) is 2.88. The number of nitrogens with one attached hydrogen (secondary N) is 1. The quantitative estimate of drug-likeness (QED) is 0.389. The third kappa shape index (κ3) is 9.00. The number of rotatable bonds is 13. The lowest BCUT2D eigenvalue weighted by molar-refractivity contribution is -0.117. The predicted molar refractivity (Wildman–Crippen MR) is 116 cm³/mol. The maximum atomic E-state index is 12.1. The van der Waals surface area contributed by atoms with Gasteiger partial charge in [-0.1, -0.05) is 104 Å². The maximum absolute atomic E-state index is 12.1. The lowest BCUT2D eigenvalue weighted by Gasteiger charge is -2.15. The zero-order valence-electron chi connectivity index (χ0n) is 17.7. The van der Waals surface area contributed by atoms with E-state index in [0.717, 1.165) is 12.8 Å². The van der Waals surface area contributed by atoms with Gasteiger partial charge in [-0.3, -0.25) is 4.79 Å². The largest absolute Gasteiger partial charge is 0.381 e. The molecule has 1 amide bonds. The van der Waals surface area contributed by atoms with Crippen molar-refractivity contribution in [3.63, 3.8) is 0 Å². The van der Waals surface area contributed by atoms with E-state index in [-0.39, 0.29) is 17.1 Å². The van der Waals surface area contributed by atoms with Crippen molar-refractivity contribution in [2.75, 3.05) is 11.2 Å². The highest BCUT2D eigenvalue weighted by molar-refractivity contribution is 6.33. The van der Waals surface area contributed by atoms with Crippen LogP contribution >= 0.6 is 11.6 Å². The Morgan fingerprint density at radius 2 is 1.48 bits per heavy atom. The summed E-state index contributed by atoms with van der Waals surface area (Å²) in [6, 6.07) is 0. The Balaban J connectivity index is 2.16. The Labute approximate surface area is 170 Å². The summed E-state index contributed by atoms with van der Waals surface area (Å²) in [5, 5.41) is 4.77. The van der Waals surface area contributed by atoms with Gasteiger partial charge in [-0.15, -0.1) is 0 Å². The van der Waals surface area contributed by atoms with Crippen molar-refractivity contribution in [2.45, 2.75) is 110 Å².